The summed E-state index contributed by atoms with van der Waals surface area (Å²) in [5.41, 5.74) is 0.409. The van der Waals surface area contributed by atoms with Crippen LogP contribution in [0.2, 0.25) is 0 Å². The van der Waals surface area contributed by atoms with Crippen LogP contribution >= 0.6 is 0 Å². The van der Waals surface area contributed by atoms with Crippen LogP contribution in [0.15, 0.2) is 30.3 Å². The van der Waals surface area contributed by atoms with E-state index in [1.165, 1.54) is 6.92 Å². The first-order valence-electron chi connectivity index (χ1n) is 5.16. The van der Waals surface area contributed by atoms with E-state index < -0.39 is 22.0 Å². The van der Waals surface area contributed by atoms with Gasteiger partial charge in [-0.1, -0.05) is 30.3 Å². The zero-order valence-electron chi connectivity index (χ0n) is 10.0. The second-order valence-electron chi connectivity index (χ2n) is 3.73. The van der Waals surface area contributed by atoms with Crippen molar-refractivity contribution >= 4 is 16.0 Å². The molecule has 0 spiro atoms. The summed E-state index contributed by atoms with van der Waals surface area (Å²) >= 11 is 0. The lowest BCUT2D eigenvalue weighted by atomic mass is 10.1. The van der Waals surface area contributed by atoms with Gasteiger partial charge in [-0.25, -0.2) is 8.42 Å². The van der Waals surface area contributed by atoms with Crippen molar-refractivity contribution in [3.8, 4) is 0 Å². The molecule has 1 aromatic carbocycles. The molecular formula is C11H14FNO4S. The number of hydrogen-bond donors (Lipinski definition) is 0. The molecule has 100 valence electrons. The smallest absolute Gasteiger partial charge is 0.302 e. The van der Waals surface area contributed by atoms with E-state index in [0.29, 0.717) is 5.56 Å². The molecule has 1 atom stereocenters. The van der Waals surface area contributed by atoms with Crippen LogP contribution in [0.25, 0.3) is 0 Å². The fourth-order valence-corrected chi connectivity index (χ4v) is 2.02. The third-order valence-corrected chi connectivity index (χ3v) is 3.08. The molecule has 5 nitrogen and oxygen atoms in total. The monoisotopic (exact) mass is 275 g/mol. The molecule has 0 heterocycles. The number of carbonyl (C=O) groups excluding carboxylic acids is 1. The number of benzene rings is 1. The van der Waals surface area contributed by atoms with Gasteiger partial charge in [0.25, 0.3) is 0 Å². The van der Waals surface area contributed by atoms with E-state index in [9.17, 15) is 17.7 Å². The van der Waals surface area contributed by atoms with E-state index in [2.05, 4.69) is 4.74 Å². The Hall–Kier alpha value is -1.47. The van der Waals surface area contributed by atoms with Crippen molar-refractivity contribution in [1.82, 2.24) is 4.53 Å². The Morgan fingerprint density at radius 3 is 2.39 bits per heavy atom. The molecule has 0 amide bonds. The molecule has 1 aromatic rings. The van der Waals surface area contributed by atoms with Crippen LogP contribution in [-0.2, 0) is 19.6 Å². The van der Waals surface area contributed by atoms with E-state index in [1.54, 1.807) is 30.3 Å². The first kappa shape index (κ1) is 14.6. The summed E-state index contributed by atoms with van der Waals surface area (Å²) in [6.45, 7) is 0.800. The molecule has 0 aliphatic rings. The van der Waals surface area contributed by atoms with Gasteiger partial charge in [0.15, 0.2) is 0 Å². The predicted octanol–water partition coefficient (Wildman–Crippen LogP) is 1.44. The van der Waals surface area contributed by atoms with E-state index >= 15 is 0 Å². The maximum absolute atomic E-state index is 13.8. The summed E-state index contributed by atoms with van der Waals surface area (Å²) in [5.74, 6) is -0.599. The summed E-state index contributed by atoms with van der Waals surface area (Å²) in [4.78, 5) is 10.7. The molecule has 0 saturated heterocycles. The van der Waals surface area contributed by atoms with Gasteiger partial charge < -0.3 is 4.74 Å². The number of ether oxygens (including phenoxy) is 1. The van der Waals surface area contributed by atoms with Crippen molar-refractivity contribution in [1.29, 1.82) is 0 Å². The Bertz CT molecular complexity index is 503. The quantitative estimate of drug-likeness (QED) is 0.602. The van der Waals surface area contributed by atoms with Gasteiger partial charge in [0, 0.05) is 6.92 Å². The predicted molar refractivity (Wildman–Crippen MR) is 63.6 cm³/mol. The number of sulfonamides is 1. The van der Waals surface area contributed by atoms with E-state index in [4.69, 9.17) is 0 Å². The lowest BCUT2D eigenvalue weighted by Gasteiger charge is -2.21. The Balaban J connectivity index is 2.99. The van der Waals surface area contributed by atoms with Crippen LogP contribution in [0.3, 0.4) is 0 Å². The van der Waals surface area contributed by atoms with Crippen LogP contribution in [-0.4, -0.2) is 31.8 Å². The Labute approximate surface area is 105 Å². The molecule has 0 bridgehead atoms. The first-order valence-corrected chi connectivity index (χ1v) is 7.00. The number of nitrogens with zero attached hydrogens (tertiary/aromatic N) is 1. The summed E-state index contributed by atoms with van der Waals surface area (Å²) in [7, 11) is -4.02. The average molecular weight is 275 g/mol. The van der Waals surface area contributed by atoms with Crippen molar-refractivity contribution in [2.24, 2.45) is 0 Å². The maximum atomic E-state index is 13.8. The molecule has 0 fully saturated rings. The van der Waals surface area contributed by atoms with Gasteiger partial charge in [0.1, 0.15) is 12.6 Å². The number of hydrogen-bond acceptors (Lipinski definition) is 4. The van der Waals surface area contributed by atoms with E-state index in [-0.39, 0.29) is 11.1 Å². The third-order valence-electron chi connectivity index (χ3n) is 2.19. The summed E-state index contributed by atoms with van der Waals surface area (Å²) in [5, 5.41) is 0. The van der Waals surface area contributed by atoms with Crippen molar-refractivity contribution < 1.29 is 22.4 Å². The van der Waals surface area contributed by atoms with Gasteiger partial charge in [-0.3, -0.25) is 4.79 Å². The molecule has 0 aliphatic heterocycles. The standard InChI is InChI=1S/C11H14FNO4S/c1-9(14)17-8-11(13(12)18(2,15)16)10-6-4-3-5-7-10/h3-7,11H,8H2,1-2H3/t11-/m0/s1. The van der Waals surface area contributed by atoms with Gasteiger partial charge in [-0.2, -0.15) is 0 Å². The van der Waals surface area contributed by atoms with Gasteiger partial charge >= 0.3 is 5.97 Å². The van der Waals surface area contributed by atoms with E-state index in [1.807, 2.05) is 0 Å². The molecule has 1 rings (SSSR count). The van der Waals surface area contributed by atoms with Crippen LogP contribution in [0.4, 0.5) is 4.48 Å². The summed E-state index contributed by atoms with van der Waals surface area (Å²) in [6, 6.07) is 6.95. The van der Waals surface area contributed by atoms with E-state index in [0.717, 1.165) is 6.26 Å². The molecular weight excluding hydrogens is 261 g/mol. The highest BCUT2D eigenvalue weighted by atomic mass is 32.2. The fraction of sp³-hybridized carbons (Fsp3) is 0.364. The topological polar surface area (TPSA) is 63.7 Å². The number of halogens is 1. The Kier molecular flexibility index (Phi) is 4.80. The average Bonchev–Trinajstić information content (AvgIpc) is 2.29. The SMILES string of the molecule is CC(=O)OC[C@@H](c1ccccc1)N(F)S(C)(=O)=O. The van der Waals surface area contributed by atoms with Crippen LogP contribution in [0.5, 0.6) is 0 Å². The highest BCUT2D eigenvalue weighted by Crippen LogP contribution is 2.24. The minimum Gasteiger partial charge on any atom is -0.464 e. The molecule has 0 unspecified atom stereocenters. The fourth-order valence-electron chi connectivity index (χ4n) is 1.37. The molecule has 0 radical (unpaired) electrons. The molecule has 7 heteroatoms. The van der Waals surface area contributed by atoms with Crippen LogP contribution in [0, 0.1) is 0 Å². The second-order valence-corrected chi connectivity index (χ2v) is 5.55. The van der Waals surface area contributed by atoms with Gasteiger partial charge in [0.2, 0.25) is 10.0 Å². The zero-order chi connectivity index (χ0) is 13.8. The molecule has 0 saturated carbocycles. The molecule has 0 aliphatic carbocycles. The van der Waals surface area contributed by atoms with Crippen molar-refractivity contribution in [2.75, 3.05) is 12.9 Å². The highest BCUT2D eigenvalue weighted by molar-refractivity contribution is 7.88. The van der Waals surface area contributed by atoms with Crippen molar-refractivity contribution in [3.05, 3.63) is 35.9 Å². The number of esters is 1. The van der Waals surface area contributed by atoms with Crippen LogP contribution < -0.4 is 0 Å². The van der Waals surface area contributed by atoms with Gasteiger partial charge in [-0.05, 0) is 10.1 Å². The number of carbonyl (C=O) groups is 1. The van der Waals surface area contributed by atoms with Gasteiger partial charge in [-0.15, -0.1) is 4.48 Å². The molecule has 0 N–H and O–H groups in total. The summed E-state index contributed by atoms with van der Waals surface area (Å²) in [6.07, 6.45) is 0.747. The highest BCUT2D eigenvalue weighted by Gasteiger charge is 2.29. The van der Waals surface area contributed by atoms with Crippen molar-refractivity contribution in [3.63, 3.8) is 0 Å². The Morgan fingerprint density at radius 1 is 1.39 bits per heavy atom. The minimum atomic E-state index is -4.02. The van der Waals surface area contributed by atoms with Gasteiger partial charge in [0.05, 0.1) is 6.26 Å². The lowest BCUT2D eigenvalue weighted by Crippen LogP contribution is -2.30. The normalized spacial score (nSPS) is 13.3. The number of rotatable bonds is 5. The Morgan fingerprint density at radius 2 is 1.94 bits per heavy atom. The zero-order valence-corrected chi connectivity index (χ0v) is 10.9. The second kappa shape index (κ2) is 5.92. The third kappa shape index (κ3) is 4.08. The molecule has 18 heavy (non-hydrogen) atoms. The minimum absolute atomic E-state index is 0.300. The molecule has 0 aromatic heterocycles. The van der Waals surface area contributed by atoms with Crippen molar-refractivity contribution in [2.45, 2.75) is 13.0 Å². The largest absolute Gasteiger partial charge is 0.464 e. The summed E-state index contributed by atoms with van der Waals surface area (Å²) < 4.78 is 40.6. The lowest BCUT2D eigenvalue weighted by molar-refractivity contribution is -0.143. The van der Waals surface area contributed by atoms with Crippen LogP contribution in [0.1, 0.15) is 18.5 Å². The first-order chi connectivity index (χ1) is 8.32. The maximum Gasteiger partial charge on any atom is 0.302 e.